The minimum absolute atomic E-state index is 1.29. The van der Waals surface area contributed by atoms with Gasteiger partial charge in [0.2, 0.25) is 0 Å². The molecule has 0 unspecified atom stereocenters. The van der Waals surface area contributed by atoms with Crippen LogP contribution in [0.15, 0.2) is 0 Å². The van der Waals surface area contributed by atoms with Crippen LogP contribution < -0.4 is 0 Å². The first-order chi connectivity index (χ1) is 3.41. The van der Waals surface area contributed by atoms with Crippen LogP contribution in [0.4, 0.5) is 0 Å². The van der Waals surface area contributed by atoms with Gasteiger partial charge in [-0.25, -0.2) is 0 Å². The molecule has 0 aliphatic carbocycles. The van der Waals surface area contributed by atoms with Gasteiger partial charge in [-0.1, -0.05) is 0 Å². The second-order valence-corrected chi connectivity index (χ2v) is 2.55. The van der Waals surface area contributed by atoms with Gasteiger partial charge in [-0.15, -0.1) is 0 Å². The van der Waals surface area contributed by atoms with Crippen molar-refractivity contribution in [1.82, 2.24) is 0 Å². The summed E-state index contributed by atoms with van der Waals surface area (Å²) in [6, 6.07) is 0. The summed E-state index contributed by atoms with van der Waals surface area (Å²) in [7, 11) is 0. The monoisotopic (exact) mass is 116 g/mol. The van der Waals surface area contributed by atoms with Gasteiger partial charge < -0.3 is 0 Å². The van der Waals surface area contributed by atoms with E-state index in [9.17, 15) is 0 Å². The van der Waals surface area contributed by atoms with E-state index in [1.54, 1.807) is 0 Å². The third-order valence-corrected chi connectivity index (χ3v) is 1.55. The Hall–Kier alpha value is 0.415. The molecule has 7 heavy (non-hydrogen) atoms. The molecule has 0 saturated heterocycles. The molecular formula is C5H13BS. The predicted molar refractivity (Wildman–Crippen MR) is 40.5 cm³/mol. The number of hydrogen-bond donors (Lipinski definition) is 1. The second kappa shape index (κ2) is 6.41. The maximum atomic E-state index is 3.73. The van der Waals surface area contributed by atoms with Crippen LogP contribution in [0.1, 0.15) is 26.2 Å². The summed E-state index contributed by atoms with van der Waals surface area (Å²) >= 11 is 1.30. The Morgan fingerprint density at radius 3 is 2.57 bits per heavy atom. The number of unbranched alkanes of at least 4 members (excludes halogenated alkanes) is 2. The van der Waals surface area contributed by atoms with Crippen LogP contribution in [0.3, 0.4) is 0 Å². The van der Waals surface area contributed by atoms with Crippen LogP contribution in [-0.4, -0.2) is 12.5 Å². The van der Waals surface area contributed by atoms with Gasteiger partial charge >= 0.3 is 49.8 Å². The van der Waals surface area contributed by atoms with Crippen LogP contribution in [-0.2, 0) is 0 Å². The third kappa shape index (κ3) is 6.41. The van der Waals surface area contributed by atoms with E-state index >= 15 is 0 Å². The van der Waals surface area contributed by atoms with Crippen molar-refractivity contribution in [3.63, 3.8) is 0 Å². The second-order valence-electron chi connectivity index (χ2n) is 1.65. The van der Waals surface area contributed by atoms with Crippen LogP contribution in [0.5, 0.6) is 0 Å². The summed E-state index contributed by atoms with van der Waals surface area (Å²) in [6.45, 7) is 5.95. The van der Waals surface area contributed by atoms with Crippen LogP contribution in [0.2, 0.25) is 0 Å². The molecule has 0 saturated carbocycles. The molecule has 0 atom stereocenters. The predicted octanol–water partition coefficient (Wildman–Crippen LogP) is 1.46. The Labute approximate surface area is 50.5 Å². The molecule has 0 heterocycles. The van der Waals surface area contributed by atoms with E-state index in [1.807, 2.05) is 0 Å². The molecule has 0 aliphatic rings. The third-order valence-electron chi connectivity index (χ3n) is 0.920. The first-order valence-corrected chi connectivity index (χ1v) is 4.10. The van der Waals surface area contributed by atoms with E-state index in [2.05, 4.69) is 13.6 Å². The van der Waals surface area contributed by atoms with Gasteiger partial charge in [0.15, 0.2) is 0 Å². The molecule has 0 fully saturated rings. The minimum atomic E-state index is 1.29. The van der Waals surface area contributed by atoms with Crippen molar-refractivity contribution >= 4 is 17.9 Å². The van der Waals surface area contributed by atoms with Crippen molar-refractivity contribution in [2.45, 2.75) is 26.2 Å². The molecule has 0 amide bonds. The fourth-order valence-corrected chi connectivity index (χ4v) is 0.921. The molecular weight excluding hydrogens is 103 g/mol. The Balaban J connectivity index is 2.56. The summed E-state index contributed by atoms with van der Waals surface area (Å²) in [4.78, 5) is 0. The quantitative estimate of drug-likeness (QED) is 0.321. The maximum absolute atomic E-state index is 3.73. The van der Waals surface area contributed by atoms with E-state index < -0.39 is 0 Å². The van der Waals surface area contributed by atoms with E-state index in [1.165, 1.54) is 36.2 Å². The fraction of sp³-hybridized carbons (Fsp3) is 1.00. The van der Waals surface area contributed by atoms with Crippen LogP contribution in [0.25, 0.3) is 0 Å². The molecule has 0 rings (SSSR count). The van der Waals surface area contributed by atoms with Gasteiger partial charge in [0.05, 0.1) is 0 Å². The van der Waals surface area contributed by atoms with E-state index in [0.717, 1.165) is 0 Å². The van der Waals surface area contributed by atoms with Crippen molar-refractivity contribution in [1.29, 1.82) is 0 Å². The van der Waals surface area contributed by atoms with Gasteiger partial charge in [-0.2, -0.15) is 0 Å². The zero-order chi connectivity index (χ0) is 5.54. The molecule has 0 N–H and O–H groups in total. The molecule has 0 aromatic heterocycles. The van der Waals surface area contributed by atoms with Gasteiger partial charge in [-0.3, -0.25) is 0 Å². The average molecular weight is 116 g/mol. The Morgan fingerprint density at radius 1 is 1.43 bits per heavy atom. The normalized spacial score (nSPS) is 9.14. The first-order valence-electron chi connectivity index (χ1n) is 2.84. The Kier molecular flexibility index (Phi) is 6.80. The summed E-state index contributed by atoms with van der Waals surface area (Å²) in [6.07, 6.45) is 4.07. The van der Waals surface area contributed by atoms with Gasteiger partial charge in [0, 0.05) is 0 Å². The number of rotatable bonds is 4. The zero-order valence-corrected chi connectivity index (χ0v) is 5.88. The molecule has 0 radical (unpaired) electrons. The molecule has 0 aliphatic heterocycles. The molecule has 0 bridgehead atoms. The molecule has 42 valence electrons. The molecule has 2 heteroatoms. The van der Waals surface area contributed by atoms with Crippen molar-refractivity contribution < 1.29 is 0 Å². The van der Waals surface area contributed by atoms with Crippen molar-refractivity contribution in [3.05, 3.63) is 0 Å². The standard InChI is InChI=1S/C5H13BS/c1-2-3-4-5-7-6/h6-7H,2-5H2,1H3. The molecule has 0 aromatic rings. The molecule has 0 aromatic carbocycles. The number of hydrogen-bond acceptors (Lipinski definition) is 0. The topological polar surface area (TPSA) is 0 Å². The number of thiol groups is 1. The molecule has 0 nitrogen and oxygen atoms in total. The van der Waals surface area contributed by atoms with E-state index in [4.69, 9.17) is 0 Å². The van der Waals surface area contributed by atoms with E-state index in [0.29, 0.717) is 0 Å². The zero-order valence-electron chi connectivity index (χ0n) is 4.98. The van der Waals surface area contributed by atoms with Gasteiger partial charge in [0.1, 0.15) is 0 Å². The summed E-state index contributed by atoms with van der Waals surface area (Å²) in [5, 5.41) is 0. The first kappa shape index (κ1) is 7.41. The van der Waals surface area contributed by atoms with E-state index in [-0.39, 0.29) is 0 Å². The fourth-order valence-electron chi connectivity index (χ4n) is 0.474. The van der Waals surface area contributed by atoms with Crippen molar-refractivity contribution in [3.8, 4) is 0 Å². The molecule has 0 spiro atoms. The Morgan fingerprint density at radius 2 is 2.14 bits per heavy atom. The van der Waals surface area contributed by atoms with Gasteiger partial charge in [-0.05, 0) is 0 Å². The Bertz CT molecular complexity index is 45.3. The average Bonchev–Trinajstić information content (AvgIpc) is 1.69. The van der Waals surface area contributed by atoms with Crippen molar-refractivity contribution in [2.24, 2.45) is 0 Å². The summed E-state index contributed by atoms with van der Waals surface area (Å²) in [5.41, 5.74) is 0. The SMILES string of the molecule is B=[SH]CCCCC. The summed E-state index contributed by atoms with van der Waals surface area (Å²) in [5.74, 6) is 1.29. The van der Waals surface area contributed by atoms with Crippen molar-refractivity contribution in [2.75, 3.05) is 5.75 Å². The summed E-state index contributed by atoms with van der Waals surface area (Å²) < 4.78 is 0. The van der Waals surface area contributed by atoms with Crippen LogP contribution >= 0.6 is 11.2 Å². The van der Waals surface area contributed by atoms with Crippen LogP contribution in [0, 0.1) is 0 Å². The van der Waals surface area contributed by atoms with Gasteiger partial charge in [0.25, 0.3) is 0 Å².